The van der Waals surface area contributed by atoms with Gasteiger partial charge in [-0.25, -0.2) is 0 Å². The quantitative estimate of drug-likeness (QED) is 0.619. The summed E-state index contributed by atoms with van der Waals surface area (Å²) in [5, 5.41) is 3.40. The highest BCUT2D eigenvalue weighted by molar-refractivity contribution is 5.82. The molecular formula is C9H17NO. The van der Waals surface area contributed by atoms with Gasteiger partial charge < -0.3 is 5.32 Å². The van der Waals surface area contributed by atoms with Crippen molar-refractivity contribution in [2.24, 2.45) is 5.92 Å². The van der Waals surface area contributed by atoms with Gasteiger partial charge in [0.2, 0.25) is 0 Å². The first-order valence-corrected chi connectivity index (χ1v) is 4.35. The molecule has 0 radical (unpaired) electrons. The van der Waals surface area contributed by atoms with Crippen LogP contribution in [0.1, 0.15) is 33.6 Å². The summed E-state index contributed by atoms with van der Waals surface area (Å²) >= 11 is 0. The van der Waals surface area contributed by atoms with Crippen molar-refractivity contribution in [3.8, 4) is 0 Å². The highest BCUT2D eigenvalue weighted by Gasteiger charge is 2.32. The average molecular weight is 155 g/mol. The van der Waals surface area contributed by atoms with Crippen molar-refractivity contribution in [2.45, 2.75) is 39.2 Å². The standard InChI is InChI=1S/C9H17NO/c1-4-9(3)5-8(11)7(2)6-10-9/h7,10H,4-6H2,1-3H3. The third-order valence-corrected chi connectivity index (χ3v) is 2.73. The summed E-state index contributed by atoms with van der Waals surface area (Å²) in [6.07, 6.45) is 1.73. The molecule has 0 bridgehead atoms. The number of carbonyl (C=O) groups is 1. The molecule has 0 saturated carbocycles. The van der Waals surface area contributed by atoms with Crippen molar-refractivity contribution in [1.82, 2.24) is 5.32 Å². The molecule has 0 aromatic rings. The van der Waals surface area contributed by atoms with Gasteiger partial charge in [-0.15, -0.1) is 0 Å². The van der Waals surface area contributed by atoms with Gasteiger partial charge in [0, 0.05) is 24.4 Å². The molecule has 64 valence electrons. The third-order valence-electron chi connectivity index (χ3n) is 2.73. The molecule has 2 heteroatoms. The van der Waals surface area contributed by atoms with Gasteiger partial charge in [-0.05, 0) is 13.3 Å². The van der Waals surface area contributed by atoms with Gasteiger partial charge in [-0.2, -0.15) is 0 Å². The van der Waals surface area contributed by atoms with Gasteiger partial charge in [-0.1, -0.05) is 13.8 Å². The number of piperidine rings is 1. The van der Waals surface area contributed by atoms with Crippen molar-refractivity contribution in [3.63, 3.8) is 0 Å². The average Bonchev–Trinajstić information content (AvgIpc) is 1.98. The number of rotatable bonds is 1. The van der Waals surface area contributed by atoms with E-state index in [9.17, 15) is 4.79 Å². The largest absolute Gasteiger partial charge is 0.310 e. The lowest BCUT2D eigenvalue weighted by atomic mass is 9.84. The SMILES string of the molecule is CCC1(C)CC(=O)C(C)CN1. The maximum Gasteiger partial charge on any atom is 0.138 e. The fourth-order valence-electron chi connectivity index (χ4n) is 1.38. The van der Waals surface area contributed by atoms with Crippen LogP contribution in [0.25, 0.3) is 0 Å². The van der Waals surface area contributed by atoms with Crippen molar-refractivity contribution in [3.05, 3.63) is 0 Å². The Morgan fingerprint density at radius 1 is 1.73 bits per heavy atom. The molecule has 1 N–H and O–H groups in total. The van der Waals surface area contributed by atoms with Crippen LogP contribution in [-0.2, 0) is 4.79 Å². The van der Waals surface area contributed by atoms with E-state index in [4.69, 9.17) is 0 Å². The predicted molar refractivity (Wildman–Crippen MR) is 45.5 cm³/mol. The van der Waals surface area contributed by atoms with Crippen LogP contribution in [0.5, 0.6) is 0 Å². The van der Waals surface area contributed by atoms with Crippen LogP contribution < -0.4 is 5.32 Å². The fourth-order valence-corrected chi connectivity index (χ4v) is 1.38. The molecule has 1 fully saturated rings. The van der Waals surface area contributed by atoms with Gasteiger partial charge in [0.05, 0.1) is 0 Å². The van der Waals surface area contributed by atoms with E-state index >= 15 is 0 Å². The molecule has 2 nitrogen and oxygen atoms in total. The number of hydrogen-bond donors (Lipinski definition) is 1. The molecule has 0 amide bonds. The van der Waals surface area contributed by atoms with Crippen LogP contribution in [0, 0.1) is 5.92 Å². The number of ketones is 1. The van der Waals surface area contributed by atoms with Gasteiger partial charge in [0.15, 0.2) is 0 Å². The highest BCUT2D eigenvalue weighted by atomic mass is 16.1. The smallest absolute Gasteiger partial charge is 0.138 e. The number of hydrogen-bond acceptors (Lipinski definition) is 2. The second-order valence-corrected chi connectivity index (χ2v) is 3.84. The second kappa shape index (κ2) is 2.94. The minimum atomic E-state index is 0.0730. The molecule has 0 spiro atoms. The van der Waals surface area contributed by atoms with Gasteiger partial charge in [-0.3, -0.25) is 4.79 Å². The van der Waals surface area contributed by atoms with Gasteiger partial charge >= 0.3 is 0 Å². The Morgan fingerprint density at radius 2 is 2.36 bits per heavy atom. The molecule has 2 unspecified atom stereocenters. The minimum absolute atomic E-state index is 0.0730. The summed E-state index contributed by atoms with van der Waals surface area (Å²) in [6.45, 7) is 7.08. The zero-order valence-corrected chi connectivity index (χ0v) is 7.61. The third kappa shape index (κ3) is 1.80. The van der Waals surface area contributed by atoms with Crippen molar-refractivity contribution < 1.29 is 4.79 Å². The van der Waals surface area contributed by atoms with Crippen LogP contribution in [0.3, 0.4) is 0 Å². The summed E-state index contributed by atoms with van der Waals surface area (Å²) in [4.78, 5) is 11.3. The summed E-state index contributed by atoms with van der Waals surface area (Å²) in [5.41, 5.74) is 0.0730. The Kier molecular flexibility index (Phi) is 2.33. The van der Waals surface area contributed by atoms with Crippen molar-refractivity contribution in [2.75, 3.05) is 6.54 Å². The van der Waals surface area contributed by atoms with Crippen LogP contribution >= 0.6 is 0 Å². The molecule has 0 aromatic carbocycles. The summed E-state index contributed by atoms with van der Waals surface area (Å²) in [6, 6.07) is 0. The van der Waals surface area contributed by atoms with Crippen LogP contribution in [0.2, 0.25) is 0 Å². The van der Waals surface area contributed by atoms with Crippen LogP contribution in [0.15, 0.2) is 0 Å². The molecule has 0 aliphatic carbocycles. The zero-order valence-electron chi connectivity index (χ0n) is 7.61. The van der Waals surface area contributed by atoms with E-state index < -0.39 is 0 Å². The lowest BCUT2D eigenvalue weighted by Crippen LogP contribution is -2.51. The summed E-state index contributed by atoms with van der Waals surface area (Å²) in [5.74, 6) is 0.628. The Balaban J connectivity index is 2.59. The number of Topliss-reactive ketones (excluding diaryl/α,β-unsaturated/α-hetero) is 1. The molecule has 11 heavy (non-hydrogen) atoms. The molecular weight excluding hydrogens is 138 g/mol. The Labute approximate surface area is 68.4 Å². The van der Waals surface area contributed by atoms with E-state index in [1.165, 1.54) is 0 Å². The van der Waals surface area contributed by atoms with Gasteiger partial charge in [0.25, 0.3) is 0 Å². The molecule has 1 saturated heterocycles. The number of carbonyl (C=O) groups excluding carboxylic acids is 1. The summed E-state index contributed by atoms with van der Waals surface area (Å²) < 4.78 is 0. The predicted octanol–water partition coefficient (Wildman–Crippen LogP) is 1.35. The normalized spacial score (nSPS) is 39.2. The van der Waals surface area contributed by atoms with E-state index in [2.05, 4.69) is 19.2 Å². The number of nitrogens with one attached hydrogen (secondary N) is 1. The van der Waals surface area contributed by atoms with Crippen LogP contribution in [-0.4, -0.2) is 17.9 Å². The first-order valence-electron chi connectivity index (χ1n) is 4.35. The first kappa shape index (κ1) is 8.72. The molecule has 1 aliphatic rings. The fraction of sp³-hybridized carbons (Fsp3) is 0.889. The lowest BCUT2D eigenvalue weighted by molar-refractivity contribution is -0.125. The Bertz CT molecular complexity index is 167. The maximum absolute atomic E-state index is 11.3. The molecule has 1 aliphatic heterocycles. The Hall–Kier alpha value is -0.370. The van der Waals surface area contributed by atoms with Crippen molar-refractivity contribution in [1.29, 1.82) is 0 Å². The van der Waals surface area contributed by atoms with E-state index in [0.717, 1.165) is 13.0 Å². The Morgan fingerprint density at radius 3 is 2.82 bits per heavy atom. The first-order chi connectivity index (χ1) is 5.07. The van der Waals surface area contributed by atoms with Crippen LogP contribution in [0.4, 0.5) is 0 Å². The van der Waals surface area contributed by atoms with E-state index in [-0.39, 0.29) is 11.5 Å². The zero-order chi connectivity index (χ0) is 8.48. The van der Waals surface area contributed by atoms with E-state index in [1.54, 1.807) is 0 Å². The summed E-state index contributed by atoms with van der Waals surface area (Å²) in [7, 11) is 0. The molecule has 0 aromatic heterocycles. The van der Waals surface area contributed by atoms with E-state index in [0.29, 0.717) is 12.2 Å². The minimum Gasteiger partial charge on any atom is -0.310 e. The molecule has 2 atom stereocenters. The maximum atomic E-state index is 11.3. The topological polar surface area (TPSA) is 29.1 Å². The highest BCUT2D eigenvalue weighted by Crippen LogP contribution is 2.21. The monoisotopic (exact) mass is 155 g/mol. The molecule has 1 heterocycles. The lowest BCUT2D eigenvalue weighted by Gasteiger charge is -2.35. The second-order valence-electron chi connectivity index (χ2n) is 3.84. The van der Waals surface area contributed by atoms with E-state index in [1.807, 2.05) is 6.92 Å². The molecule has 1 rings (SSSR count). The van der Waals surface area contributed by atoms with Crippen molar-refractivity contribution >= 4 is 5.78 Å². The van der Waals surface area contributed by atoms with Gasteiger partial charge in [0.1, 0.15) is 5.78 Å².